The first-order chi connectivity index (χ1) is 12.4. The maximum absolute atomic E-state index is 12.7. The lowest BCUT2D eigenvalue weighted by molar-refractivity contribution is -0.128. The Morgan fingerprint density at radius 3 is 2.54 bits per heavy atom. The highest BCUT2D eigenvalue weighted by atomic mass is 16.1. The molecule has 2 aliphatic carbocycles. The van der Waals surface area contributed by atoms with Crippen LogP contribution in [0.1, 0.15) is 57.1 Å². The van der Waals surface area contributed by atoms with Crippen LogP contribution in [0.4, 0.5) is 0 Å². The highest BCUT2D eigenvalue weighted by Crippen LogP contribution is 2.41. The molecule has 0 spiro atoms. The van der Waals surface area contributed by atoms with Crippen molar-refractivity contribution in [1.29, 1.82) is 0 Å². The third-order valence-electron chi connectivity index (χ3n) is 6.56. The molecule has 2 atom stereocenters. The molecule has 0 heterocycles. The molecule has 144 valence electrons. The second kappa shape index (κ2) is 8.53. The van der Waals surface area contributed by atoms with Gasteiger partial charge in [-0.2, -0.15) is 0 Å². The molecular weight excluding hydrogens is 322 g/mol. The molecular formula is C22H35N3O. The zero-order valence-electron chi connectivity index (χ0n) is 16.6. The number of hydrogen-bond donors (Lipinski definition) is 2. The monoisotopic (exact) mass is 357 g/mol. The van der Waals surface area contributed by atoms with E-state index in [4.69, 9.17) is 5.73 Å². The zero-order chi connectivity index (χ0) is 18.7. The number of nitrogens with two attached hydrogens (primary N) is 1. The molecule has 3 rings (SSSR count). The maximum Gasteiger partial charge on any atom is 0.223 e. The van der Waals surface area contributed by atoms with E-state index in [0.717, 1.165) is 19.4 Å². The van der Waals surface area contributed by atoms with Crippen molar-refractivity contribution in [1.82, 2.24) is 10.2 Å². The summed E-state index contributed by atoms with van der Waals surface area (Å²) >= 11 is 0. The molecule has 0 aromatic heterocycles. The number of hydrogen-bond acceptors (Lipinski definition) is 3. The molecule has 3 N–H and O–H groups in total. The fraction of sp³-hybridized carbons (Fsp3) is 0.682. The van der Waals surface area contributed by atoms with Crippen LogP contribution in [0.2, 0.25) is 0 Å². The molecule has 4 nitrogen and oxygen atoms in total. The summed E-state index contributed by atoms with van der Waals surface area (Å²) in [4.78, 5) is 15.0. The van der Waals surface area contributed by atoms with Crippen molar-refractivity contribution in [2.45, 2.75) is 71.1 Å². The standard InChI is InChI=1S/C22H35N3O/c1-15(2)25(3)14-17-7-4-6-16(10-17)13-24-22(26)20-11-18-8-5-9-19(12-20)21(18)23/h4,6-7,10,15,18-21H,5,8-9,11-14,23H2,1-3H3,(H,24,26). The SMILES string of the molecule is CC(C)N(C)Cc1cccc(CNC(=O)C2CC3CCCC(C2)C3N)c1. The van der Waals surface area contributed by atoms with Gasteiger partial charge in [0.1, 0.15) is 0 Å². The lowest BCUT2D eigenvalue weighted by Gasteiger charge is -2.43. The molecule has 2 saturated carbocycles. The summed E-state index contributed by atoms with van der Waals surface area (Å²) in [6.45, 7) is 5.96. The van der Waals surface area contributed by atoms with Crippen LogP contribution in [-0.4, -0.2) is 29.9 Å². The lowest BCUT2D eigenvalue weighted by atomic mass is 9.65. The van der Waals surface area contributed by atoms with E-state index in [2.05, 4.69) is 55.4 Å². The first-order valence-electron chi connectivity index (χ1n) is 10.3. The van der Waals surface area contributed by atoms with Gasteiger partial charge < -0.3 is 11.1 Å². The van der Waals surface area contributed by atoms with Crippen LogP contribution in [0.3, 0.4) is 0 Å². The second-order valence-corrected chi connectivity index (χ2v) is 8.74. The third kappa shape index (κ3) is 4.66. The highest BCUT2D eigenvalue weighted by molar-refractivity contribution is 5.78. The molecule has 1 amide bonds. The topological polar surface area (TPSA) is 58.4 Å². The van der Waals surface area contributed by atoms with Gasteiger partial charge in [0.15, 0.2) is 0 Å². The van der Waals surface area contributed by atoms with Crippen molar-refractivity contribution in [2.75, 3.05) is 7.05 Å². The molecule has 1 aromatic carbocycles. The Kier molecular flexibility index (Phi) is 6.36. The molecule has 2 bridgehead atoms. The summed E-state index contributed by atoms with van der Waals surface area (Å²) in [5.41, 5.74) is 8.83. The highest BCUT2D eigenvalue weighted by Gasteiger charge is 2.40. The fourth-order valence-corrected chi connectivity index (χ4v) is 4.65. The Hall–Kier alpha value is -1.39. The maximum atomic E-state index is 12.7. The molecule has 4 heteroatoms. The van der Waals surface area contributed by atoms with E-state index in [1.54, 1.807) is 0 Å². The number of nitrogens with one attached hydrogen (secondary N) is 1. The summed E-state index contributed by atoms with van der Waals surface area (Å²) in [7, 11) is 2.14. The number of nitrogens with zero attached hydrogens (tertiary/aromatic N) is 1. The summed E-state index contributed by atoms with van der Waals surface area (Å²) in [5.74, 6) is 1.47. The molecule has 0 aliphatic heterocycles. The van der Waals surface area contributed by atoms with E-state index in [1.807, 2.05) is 0 Å². The van der Waals surface area contributed by atoms with E-state index in [1.165, 1.54) is 30.4 Å². The fourth-order valence-electron chi connectivity index (χ4n) is 4.65. The van der Waals surface area contributed by atoms with Crippen LogP contribution in [0.15, 0.2) is 24.3 Å². The number of benzene rings is 1. The van der Waals surface area contributed by atoms with Crippen molar-refractivity contribution < 1.29 is 4.79 Å². The van der Waals surface area contributed by atoms with Crippen molar-refractivity contribution in [3.05, 3.63) is 35.4 Å². The van der Waals surface area contributed by atoms with Crippen LogP contribution in [0, 0.1) is 17.8 Å². The van der Waals surface area contributed by atoms with Gasteiger partial charge in [0.2, 0.25) is 5.91 Å². The number of fused-ring (bicyclic) bond motifs is 2. The van der Waals surface area contributed by atoms with Crippen LogP contribution >= 0.6 is 0 Å². The minimum Gasteiger partial charge on any atom is -0.352 e. The molecule has 0 saturated heterocycles. The van der Waals surface area contributed by atoms with Crippen molar-refractivity contribution in [2.24, 2.45) is 23.5 Å². The minimum absolute atomic E-state index is 0.153. The average Bonchev–Trinajstić information content (AvgIpc) is 2.59. The van der Waals surface area contributed by atoms with Crippen molar-refractivity contribution in [3.8, 4) is 0 Å². The largest absolute Gasteiger partial charge is 0.352 e. The molecule has 1 aromatic rings. The van der Waals surface area contributed by atoms with Crippen LogP contribution in [-0.2, 0) is 17.9 Å². The number of carbonyl (C=O) groups is 1. The summed E-state index contributed by atoms with van der Waals surface area (Å²) in [5, 5.41) is 3.18. The number of rotatable bonds is 6. The predicted octanol–water partition coefficient (Wildman–Crippen LogP) is 3.30. The minimum atomic E-state index is 0.153. The molecule has 26 heavy (non-hydrogen) atoms. The molecule has 0 radical (unpaired) electrons. The first kappa shape index (κ1) is 19.4. The third-order valence-corrected chi connectivity index (χ3v) is 6.56. The van der Waals surface area contributed by atoms with E-state index in [-0.39, 0.29) is 11.8 Å². The van der Waals surface area contributed by atoms with E-state index >= 15 is 0 Å². The van der Waals surface area contributed by atoms with Gasteiger partial charge in [-0.05, 0) is 69.5 Å². The van der Waals surface area contributed by atoms with Crippen LogP contribution < -0.4 is 11.1 Å². The van der Waals surface area contributed by atoms with Gasteiger partial charge in [0.05, 0.1) is 0 Å². The van der Waals surface area contributed by atoms with Crippen LogP contribution in [0.5, 0.6) is 0 Å². The van der Waals surface area contributed by atoms with Crippen LogP contribution in [0.25, 0.3) is 0 Å². The smallest absolute Gasteiger partial charge is 0.223 e. The number of amides is 1. The first-order valence-corrected chi connectivity index (χ1v) is 10.3. The Morgan fingerprint density at radius 1 is 1.23 bits per heavy atom. The van der Waals surface area contributed by atoms with Gasteiger partial charge in [0, 0.05) is 31.1 Å². The Balaban J connectivity index is 1.53. The van der Waals surface area contributed by atoms with E-state index < -0.39 is 0 Å². The van der Waals surface area contributed by atoms with E-state index in [0.29, 0.717) is 30.5 Å². The molecule has 2 aliphatic rings. The van der Waals surface area contributed by atoms with Gasteiger partial charge >= 0.3 is 0 Å². The van der Waals surface area contributed by atoms with Gasteiger partial charge in [0.25, 0.3) is 0 Å². The lowest BCUT2D eigenvalue weighted by Crippen LogP contribution is -2.49. The second-order valence-electron chi connectivity index (χ2n) is 8.74. The average molecular weight is 358 g/mol. The number of carbonyl (C=O) groups excluding carboxylic acids is 1. The molecule has 2 unspecified atom stereocenters. The Bertz CT molecular complexity index is 601. The summed E-state index contributed by atoms with van der Waals surface area (Å²) < 4.78 is 0. The Labute approximate surface area is 158 Å². The van der Waals surface area contributed by atoms with Crippen molar-refractivity contribution in [3.63, 3.8) is 0 Å². The van der Waals surface area contributed by atoms with E-state index in [9.17, 15) is 4.79 Å². The van der Waals surface area contributed by atoms with Gasteiger partial charge in [-0.1, -0.05) is 30.7 Å². The Morgan fingerprint density at radius 2 is 1.88 bits per heavy atom. The quantitative estimate of drug-likeness (QED) is 0.821. The summed E-state index contributed by atoms with van der Waals surface area (Å²) in [6, 6.07) is 9.41. The predicted molar refractivity (Wildman–Crippen MR) is 106 cm³/mol. The van der Waals surface area contributed by atoms with Gasteiger partial charge in [-0.15, -0.1) is 0 Å². The van der Waals surface area contributed by atoms with Crippen molar-refractivity contribution >= 4 is 5.91 Å². The zero-order valence-corrected chi connectivity index (χ0v) is 16.6. The summed E-state index contributed by atoms with van der Waals surface area (Å²) in [6.07, 6.45) is 5.64. The van der Waals surface area contributed by atoms with Gasteiger partial charge in [-0.3, -0.25) is 9.69 Å². The molecule has 2 fully saturated rings. The normalized spacial score (nSPS) is 28.4. The van der Waals surface area contributed by atoms with Gasteiger partial charge in [-0.25, -0.2) is 0 Å².